The molecule has 1 N–H and O–H groups in total. The van der Waals surface area contributed by atoms with Gasteiger partial charge in [-0.2, -0.15) is 0 Å². The van der Waals surface area contributed by atoms with Gasteiger partial charge in [0.1, 0.15) is 28.9 Å². The van der Waals surface area contributed by atoms with Gasteiger partial charge in [0.2, 0.25) is 0 Å². The molecular formula is C20H19NO6S2. The number of hydrogen-bond acceptors (Lipinski definition) is 7. The lowest BCUT2D eigenvalue weighted by atomic mass is 10.2. The van der Waals surface area contributed by atoms with E-state index in [1.165, 1.54) is 18.2 Å². The van der Waals surface area contributed by atoms with E-state index in [9.17, 15) is 13.2 Å². The van der Waals surface area contributed by atoms with E-state index in [4.69, 9.17) is 14.2 Å². The molecule has 0 aliphatic heterocycles. The number of rotatable bonds is 9. The van der Waals surface area contributed by atoms with Gasteiger partial charge in [0.15, 0.2) is 0 Å². The third-order valence-electron chi connectivity index (χ3n) is 3.80. The Morgan fingerprint density at radius 2 is 1.69 bits per heavy atom. The fourth-order valence-electron chi connectivity index (χ4n) is 2.41. The summed E-state index contributed by atoms with van der Waals surface area (Å²) in [5.41, 5.74) is 0.277. The van der Waals surface area contributed by atoms with E-state index in [1.54, 1.807) is 55.0 Å². The average Bonchev–Trinajstić information content (AvgIpc) is 3.28. The molecule has 0 amide bonds. The van der Waals surface area contributed by atoms with Gasteiger partial charge in [-0.15, -0.1) is 11.3 Å². The van der Waals surface area contributed by atoms with Crippen LogP contribution in [0.5, 0.6) is 11.5 Å². The van der Waals surface area contributed by atoms with Gasteiger partial charge in [0.05, 0.1) is 18.4 Å². The number of carbonyl (C=O) groups is 1. The normalized spacial score (nSPS) is 10.9. The summed E-state index contributed by atoms with van der Waals surface area (Å²) in [5.74, 6) is 0.684. The van der Waals surface area contributed by atoms with Crippen molar-refractivity contribution in [3.8, 4) is 11.5 Å². The predicted molar refractivity (Wildman–Crippen MR) is 110 cm³/mol. The summed E-state index contributed by atoms with van der Waals surface area (Å²) in [6, 6.07) is 16.4. The third-order valence-corrected chi connectivity index (χ3v) is 6.56. The highest BCUT2D eigenvalue weighted by Crippen LogP contribution is 2.23. The third kappa shape index (κ3) is 5.49. The maximum Gasteiger partial charge on any atom is 0.340 e. The van der Waals surface area contributed by atoms with Crippen LogP contribution in [0.4, 0.5) is 5.69 Å². The second kappa shape index (κ2) is 9.44. The molecule has 2 aromatic carbocycles. The summed E-state index contributed by atoms with van der Waals surface area (Å²) in [7, 11) is -2.19. The number of para-hydroxylation sites is 1. The summed E-state index contributed by atoms with van der Waals surface area (Å²) in [6.45, 7) is 0.165. The molecule has 152 valence electrons. The minimum atomic E-state index is -3.77. The fraction of sp³-hybridized carbons (Fsp3) is 0.150. The molecule has 0 bridgehead atoms. The standard InChI is InChI=1S/C20H19NO6S2/c1-25-15-8-10-16(11-9-15)26-12-13-27-20(22)17-5-2-3-6-18(17)21-29(23,24)19-7-4-14-28-19/h2-11,14,21H,12-13H2,1H3. The molecule has 0 spiro atoms. The Bertz CT molecular complexity index is 1050. The molecule has 0 aliphatic rings. The number of carbonyl (C=O) groups excluding carboxylic acids is 1. The number of sulfonamides is 1. The molecule has 3 rings (SSSR count). The lowest BCUT2D eigenvalue weighted by Gasteiger charge is -2.12. The molecule has 3 aromatic rings. The predicted octanol–water partition coefficient (Wildman–Crippen LogP) is 3.79. The first-order chi connectivity index (χ1) is 14.0. The van der Waals surface area contributed by atoms with Crippen LogP contribution in [0.3, 0.4) is 0 Å². The first kappa shape index (κ1) is 20.7. The molecular weight excluding hydrogens is 414 g/mol. The van der Waals surface area contributed by atoms with Crippen LogP contribution in [-0.4, -0.2) is 34.7 Å². The van der Waals surface area contributed by atoms with Gasteiger partial charge in [0.25, 0.3) is 10.0 Å². The second-order valence-corrected chi connectivity index (χ2v) is 8.60. The molecule has 1 aromatic heterocycles. The Morgan fingerprint density at radius 1 is 0.966 bits per heavy atom. The van der Waals surface area contributed by atoms with Crippen LogP contribution in [0.25, 0.3) is 0 Å². The Hall–Kier alpha value is -3.04. The summed E-state index contributed by atoms with van der Waals surface area (Å²) < 4.78 is 43.2. The van der Waals surface area contributed by atoms with Gasteiger partial charge >= 0.3 is 5.97 Å². The lowest BCUT2D eigenvalue weighted by molar-refractivity contribution is 0.0451. The molecule has 0 radical (unpaired) electrons. The Kier molecular flexibility index (Phi) is 6.73. The highest BCUT2D eigenvalue weighted by molar-refractivity contribution is 7.94. The minimum Gasteiger partial charge on any atom is -0.497 e. The number of benzene rings is 2. The monoisotopic (exact) mass is 433 g/mol. The second-order valence-electron chi connectivity index (χ2n) is 5.74. The topological polar surface area (TPSA) is 90.9 Å². The lowest BCUT2D eigenvalue weighted by Crippen LogP contribution is -2.17. The molecule has 0 atom stereocenters. The summed E-state index contributed by atoms with van der Waals surface area (Å²) in [4.78, 5) is 12.4. The van der Waals surface area contributed by atoms with Gasteiger partial charge in [-0.25, -0.2) is 13.2 Å². The Balaban J connectivity index is 1.58. The fourth-order valence-corrected chi connectivity index (χ4v) is 4.48. The molecule has 9 heteroatoms. The zero-order valence-electron chi connectivity index (χ0n) is 15.5. The molecule has 0 saturated carbocycles. The molecule has 29 heavy (non-hydrogen) atoms. The van der Waals surface area contributed by atoms with Crippen LogP contribution in [0.2, 0.25) is 0 Å². The SMILES string of the molecule is COc1ccc(OCCOC(=O)c2ccccc2NS(=O)(=O)c2cccs2)cc1. The highest BCUT2D eigenvalue weighted by atomic mass is 32.2. The number of nitrogens with one attached hydrogen (secondary N) is 1. The molecule has 1 heterocycles. The van der Waals surface area contributed by atoms with Crippen molar-refractivity contribution in [2.24, 2.45) is 0 Å². The number of esters is 1. The van der Waals surface area contributed by atoms with Crippen molar-refractivity contribution in [3.63, 3.8) is 0 Å². The van der Waals surface area contributed by atoms with Crippen LogP contribution in [0.15, 0.2) is 70.3 Å². The largest absolute Gasteiger partial charge is 0.497 e. The van der Waals surface area contributed by atoms with Crippen molar-refractivity contribution in [3.05, 3.63) is 71.6 Å². The molecule has 0 saturated heterocycles. The van der Waals surface area contributed by atoms with Gasteiger partial charge < -0.3 is 14.2 Å². The Morgan fingerprint density at radius 3 is 2.38 bits per heavy atom. The van der Waals surface area contributed by atoms with E-state index < -0.39 is 16.0 Å². The summed E-state index contributed by atoms with van der Waals surface area (Å²) in [6.07, 6.45) is 0. The molecule has 0 fully saturated rings. The van der Waals surface area contributed by atoms with E-state index in [0.29, 0.717) is 11.5 Å². The molecule has 0 unspecified atom stereocenters. The van der Waals surface area contributed by atoms with Gasteiger partial charge in [0, 0.05) is 0 Å². The number of ether oxygens (including phenoxy) is 3. The van der Waals surface area contributed by atoms with Crippen molar-refractivity contribution in [2.75, 3.05) is 25.0 Å². The van der Waals surface area contributed by atoms with Gasteiger partial charge in [-0.1, -0.05) is 18.2 Å². The van der Waals surface area contributed by atoms with E-state index in [0.717, 1.165) is 11.3 Å². The van der Waals surface area contributed by atoms with Crippen LogP contribution in [0, 0.1) is 0 Å². The zero-order chi connectivity index (χ0) is 20.7. The smallest absolute Gasteiger partial charge is 0.340 e. The Labute approximate surface area is 172 Å². The van der Waals surface area contributed by atoms with Crippen molar-refractivity contribution >= 4 is 33.0 Å². The average molecular weight is 434 g/mol. The maximum atomic E-state index is 12.4. The van der Waals surface area contributed by atoms with Crippen molar-refractivity contribution < 1.29 is 27.4 Å². The highest BCUT2D eigenvalue weighted by Gasteiger charge is 2.20. The number of anilines is 1. The maximum absolute atomic E-state index is 12.4. The summed E-state index contributed by atoms with van der Waals surface area (Å²) >= 11 is 1.09. The first-order valence-corrected chi connectivity index (χ1v) is 11.0. The van der Waals surface area contributed by atoms with Crippen LogP contribution < -0.4 is 14.2 Å². The van der Waals surface area contributed by atoms with E-state index in [-0.39, 0.29) is 28.7 Å². The molecule has 7 nitrogen and oxygen atoms in total. The van der Waals surface area contributed by atoms with Gasteiger partial charge in [-0.05, 0) is 47.8 Å². The zero-order valence-corrected chi connectivity index (χ0v) is 17.2. The van der Waals surface area contributed by atoms with E-state index >= 15 is 0 Å². The minimum absolute atomic E-state index is 0.0108. The quantitative estimate of drug-likeness (QED) is 0.408. The number of hydrogen-bond donors (Lipinski definition) is 1. The van der Waals surface area contributed by atoms with Crippen molar-refractivity contribution in [1.82, 2.24) is 0 Å². The number of thiophene rings is 1. The van der Waals surface area contributed by atoms with E-state index in [1.807, 2.05) is 0 Å². The summed E-state index contributed by atoms with van der Waals surface area (Å²) in [5, 5.41) is 1.66. The number of methoxy groups -OCH3 is 1. The van der Waals surface area contributed by atoms with Crippen molar-refractivity contribution in [2.45, 2.75) is 4.21 Å². The van der Waals surface area contributed by atoms with Gasteiger partial charge in [-0.3, -0.25) is 4.72 Å². The van der Waals surface area contributed by atoms with Crippen LogP contribution >= 0.6 is 11.3 Å². The molecule has 0 aliphatic carbocycles. The van der Waals surface area contributed by atoms with Crippen LogP contribution in [-0.2, 0) is 14.8 Å². The van der Waals surface area contributed by atoms with Crippen molar-refractivity contribution in [1.29, 1.82) is 0 Å². The van der Waals surface area contributed by atoms with E-state index in [2.05, 4.69) is 4.72 Å². The first-order valence-electron chi connectivity index (χ1n) is 8.59. The van der Waals surface area contributed by atoms with Crippen LogP contribution in [0.1, 0.15) is 10.4 Å².